The van der Waals surface area contributed by atoms with E-state index in [1.165, 1.54) is 7.74 Å². The van der Waals surface area contributed by atoms with Gasteiger partial charge in [0.2, 0.25) is 0 Å². The minimum atomic E-state index is -2.26. The van der Waals surface area contributed by atoms with Gasteiger partial charge in [0.15, 0.2) is 0 Å². The Morgan fingerprint density at radius 1 is 0.450 bits per heavy atom. The van der Waals surface area contributed by atoms with Gasteiger partial charge < -0.3 is 0 Å². The van der Waals surface area contributed by atoms with Crippen molar-refractivity contribution in [1.82, 2.24) is 0 Å². The zero-order valence-electron chi connectivity index (χ0n) is 11.5. The van der Waals surface area contributed by atoms with Crippen molar-refractivity contribution >= 4 is 7.74 Å². The summed E-state index contributed by atoms with van der Waals surface area (Å²) in [6, 6.07) is 33.3. The van der Waals surface area contributed by atoms with E-state index in [2.05, 4.69) is 91.0 Å². The van der Waals surface area contributed by atoms with Crippen molar-refractivity contribution < 1.29 is 17.6 Å². The molecule has 0 spiro atoms. The molecule has 0 aliphatic rings. The summed E-state index contributed by atoms with van der Waals surface area (Å²) < 4.78 is 4.68. The second-order valence-corrected chi connectivity index (χ2v) is 20.9. The van der Waals surface area contributed by atoms with Crippen LogP contribution in [0.15, 0.2) is 91.0 Å². The van der Waals surface area contributed by atoms with E-state index < -0.39 is 17.6 Å². The van der Waals surface area contributed by atoms with E-state index in [1.807, 2.05) is 0 Å². The first-order valence-electron chi connectivity index (χ1n) is 6.68. The van der Waals surface area contributed by atoms with Gasteiger partial charge in [-0.2, -0.15) is 0 Å². The predicted octanol–water partition coefficient (Wildman–Crippen LogP) is 0.0366. The summed E-state index contributed by atoms with van der Waals surface area (Å²) in [6.45, 7) is 0. The summed E-state index contributed by atoms with van der Waals surface area (Å²) in [5, 5.41) is 0. The van der Waals surface area contributed by atoms with Gasteiger partial charge in [-0.05, 0) is 0 Å². The fraction of sp³-hybridized carbons (Fsp3) is 0. The monoisotopic (exact) mass is 389 g/mol. The third kappa shape index (κ3) is 2.45. The van der Waals surface area contributed by atoms with Gasteiger partial charge in [-0.1, -0.05) is 0 Å². The fourth-order valence-corrected chi connectivity index (χ4v) is 15.2. The Balaban J connectivity index is 2.24. The average molecular weight is 389 g/mol. The Morgan fingerprint density at radius 2 is 0.700 bits per heavy atom. The first-order valence-corrected chi connectivity index (χ1v) is 17.1. The molecule has 3 aromatic rings. The molecule has 0 bridgehead atoms. The first kappa shape index (κ1) is 13.6. The molecule has 0 aromatic heterocycles. The minimum absolute atomic E-state index is 1.21. The molecule has 20 heavy (non-hydrogen) atoms. The number of halogens is 1. The number of hydrogen-bond acceptors (Lipinski definition) is 0. The maximum atomic E-state index is 2.32. The van der Waals surface area contributed by atoms with E-state index in [-0.39, 0.29) is 0 Å². The molecule has 102 valence electrons. The van der Waals surface area contributed by atoms with E-state index in [0.717, 1.165) is 0 Å². The second-order valence-electron chi connectivity index (χ2n) is 4.74. The van der Waals surface area contributed by atoms with Gasteiger partial charge in [0.25, 0.3) is 0 Å². The number of hydrogen-bond donors (Lipinski definition) is 0. The SMILES string of the molecule is [SiH3][I-](c1ccccc1)(c1ccccc1)c1ccccc1. The Kier molecular flexibility index (Phi) is 4.03. The van der Waals surface area contributed by atoms with Crippen molar-refractivity contribution in [2.45, 2.75) is 0 Å². The van der Waals surface area contributed by atoms with Crippen molar-refractivity contribution in [2.24, 2.45) is 0 Å². The zero-order valence-corrected chi connectivity index (χ0v) is 15.7. The van der Waals surface area contributed by atoms with Crippen LogP contribution in [0.4, 0.5) is 0 Å². The first-order chi connectivity index (χ1) is 9.82. The van der Waals surface area contributed by atoms with Crippen molar-refractivity contribution in [1.29, 1.82) is 0 Å². The number of benzene rings is 3. The van der Waals surface area contributed by atoms with Crippen LogP contribution in [0.5, 0.6) is 0 Å². The Morgan fingerprint density at radius 3 is 0.950 bits per heavy atom. The normalized spacial score (nSPS) is 12.2. The Labute approximate surface area is 126 Å². The quantitative estimate of drug-likeness (QED) is 0.337. The maximum absolute atomic E-state index is 2.32. The van der Waals surface area contributed by atoms with E-state index in [1.54, 1.807) is 10.7 Å². The molecule has 0 heterocycles. The van der Waals surface area contributed by atoms with Crippen LogP contribution < -0.4 is 17.6 Å². The molecule has 0 atom stereocenters. The van der Waals surface area contributed by atoms with Crippen LogP contribution in [-0.4, -0.2) is 7.74 Å². The van der Waals surface area contributed by atoms with Gasteiger partial charge in [0.05, 0.1) is 0 Å². The van der Waals surface area contributed by atoms with Crippen molar-refractivity contribution in [3.8, 4) is 0 Å². The third-order valence-corrected chi connectivity index (χ3v) is 21.9. The summed E-state index contributed by atoms with van der Waals surface area (Å²) in [7, 11) is 1.21. The molecule has 0 saturated heterocycles. The molecule has 0 radical (unpaired) electrons. The van der Waals surface area contributed by atoms with Crippen LogP contribution in [0.25, 0.3) is 0 Å². The molecule has 0 amide bonds. The van der Waals surface area contributed by atoms with Crippen LogP contribution in [-0.2, 0) is 0 Å². The van der Waals surface area contributed by atoms with Crippen LogP contribution in [0.3, 0.4) is 0 Å². The van der Waals surface area contributed by atoms with E-state index >= 15 is 0 Å². The topological polar surface area (TPSA) is 0 Å². The van der Waals surface area contributed by atoms with Crippen LogP contribution in [0.2, 0.25) is 0 Å². The molecule has 0 aliphatic heterocycles. The molecule has 0 saturated carbocycles. The van der Waals surface area contributed by atoms with Gasteiger partial charge >= 0.3 is 127 Å². The van der Waals surface area contributed by atoms with Gasteiger partial charge in [-0.3, -0.25) is 0 Å². The van der Waals surface area contributed by atoms with Gasteiger partial charge in [-0.15, -0.1) is 0 Å². The number of rotatable bonds is 3. The predicted molar refractivity (Wildman–Crippen MR) is 85.4 cm³/mol. The van der Waals surface area contributed by atoms with Crippen molar-refractivity contribution in [2.75, 3.05) is 0 Å². The fourth-order valence-electron chi connectivity index (χ4n) is 2.38. The standard InChI is InChI=1S/C18H18ISi/c20-19(16-10-4-1-5-11-16,17-12-6-2-7-13-17)18-14-8-3-9-15-18/h1-15H,20H3/q-1. The zero-order chi connectivity index (χ0) is 13.8. The van der Waals surface area contributed by atoms with E-state index in [9.17, 15) is 0 Å². The summed E-state index contributed by atoms with van der Waals surface area (Å²) >= 11 is -2.26. The third-order valence-electron chi connectivity index (χ3n) is 3.51. The summed E-state index contributed by atoms with van der Waals surface area (Å²) in [6.07, 6.45) is 0. The molecule has 0 fully saturated rings. The molecule has 3 rings (SSSR count). The van der Waals surface area contributed by atoms with Gasteiger partial charge in [-0.25, -0.2) is 0 Å². The molecule has 0 aliphatic carbocycles. The van der Waals surface area contributed by atoms with Crippen molar-refractivity contribution in [3.05, 3.63) is 102 Å². The molecular formula is C18H18ISi-. The summed E-state index contributed by atoms with van der Waals surface area (Å²) in [4.78, 5) is 0. The molecule has 0 unspecified atom stereocenters. The summed E-state index contributed by atoms with van der Waals surface area (Å²) in [5.41, 5.74) is 0. The summed E-state index contributed by atoms with van der Waals surface area (Å²) in [5.74, 6) is 0. The van der Waals surface area contributed by atoms with Crippen molar-refractivity contribution in [3.63, 3.8) is 0 Å². The van der Waals surface area contributed by atoms with Crippen LogP contribution in [0, 0.1) is 10.7 Å². The van der Waals surface area contributed by atoms with Crippen LogP contribution >= 0.6 is 0 Å². The molecular weight excluding hydrogens is 371 g/mol. The van der Waals surface area contributed by atoms with Gasteiger partial charge in [0, 0.05) is 0 Å². The van der Waals surface area contributed by atoms with E-state index in [0.29, 0.717) is 0 Å². The average Bonchev–Trinajstić information content (AvgIpc) is 2.56. The Hall–Kier alpha value is -1.39. The second kappa shape index (κ2) is 5.93. The van der Waals surface area contributed by atoms with Crippen LogP contribution in [0.1, 0.15) is 0 Å². The van der Waals surface area contributed by atoms with E-state index in [4.69, 9.17) is 0 Å². The Bertz CT molecular complexity index is 569. The van der Waals surface area contributed by atoms with Gasteiger partial charge in [0.1, 0.15) is 0 Å². The molecule has 0 nitrogen and oxygen atoms in total. The molecule has 2 heteroatoms. The molecule has 3 aromatic carbocycles. The molecule has 0 N–H and O–H groups in total.